The molecule has 0 aromatic rings. The minimum absolute atomic E-state index is 0.176. The van der Waals surface area contributed by atoms with Gasteiger partial charge < -0.3 is 19.7 Å². The molecule has 1 fully saturated rings. The second-order valence-corrected chi connectivity index (χ2v) is 4.25. The predicted octanol–water partition coefficient (Wildman–Crippen LogP) is 1.60. The van der Waals surface area contributed by atoms with Crippen LogP contribution in [0.3, 0.4) is 0 Å². The van der Waals surface area contributed by atoms with Gasteiger partial charge in [0.15, 0.2) is 0 Å². The lowest BCUT2D eigenvalue weighted by Crippen LogP contribution is -2.02. The van der Waals surface area contributed by atoms with Gasteiger partial charge in [-0.3, -0.25) is 0 Å². The van der Waals surface area contributed by atoms with Crippen LogP contribution in [0.5, 0.6) is 0 Å². The molecule has 1 saturated heterocycles. The van der Waals surface area contributed by atoms with Gasteiger partial charge in [0, 0.05) is 18.8 Å². The molecule has 5 heteroatoms. The number of ether oxygens (including phenoxy) is 2. The number of rotatable bonds is 9. The number of aliphatic carboxylic acids is 1. The Hall–Kier alpha value is -0.910. The standard InChI is InChI=1S/C9H18O3.C4H6O2/c10-5-3-1-2-4-6-11-7-9-8-12-9;1-3(2)4(5)6/h9-10H,1-8H2;1H2,2H3,(H,5,6). The summed E-state index contributed by atoms with van der Waals surface area (Å²) in [7, 11) is 0. The maximum absolute atomic E-state index is 9.60. The van der Waals surface area contributed by atoms with Crippen LogP contribution < -0.4 is 0 Å². The first kappa shape index (κ1) is 17.1. The highest BCUT2D eigenvalue weighted by Crippen LogP contribution is 2.09. The average molecular weight is 260 g/mol. The molecule has 1 aliphatic rings. The smallest absolute Gasteiger partial charge is 0.330 e. The molecule has 0 radical (unpaired) electrons. The summed E-state index contributed by atoms with van der Waals surface area (Å²) < 4.78 is 10.3. The van der Waals surface area contributed by atoms with E-state index >= 15 is 0 Å². The molecule has 1 heterocycles. The highest BCUT2D eigenvalue weighted by Gasteiger charge is 2.21. The van der Waals surface area contributed by atoms with E-state index in [1.807, 2.05) is 0 Å². The number of aliphatic hydroxyl groups is 1. The number of carboxylic acids is 1. The lowest BCUT2D eigenvalue weighted by molar-refractivity contribution is -0.132. The Morgan fingerprint density at radius 1 is 1.39 bits per heavy atom. The van der Waals surface area contributed by atoms with E-state index in [1.54, 1.807) is 0 Å². The van der Waals surface area contributed by atoms with E-state index in [4.69, 9.17) is 19.7 Å². The van der Waals surface area contributed by atoms with Crippen LogP contribution >= 0.6 is 0 Å². The van der Waals surface area contributed by atoms with Crippen molar-refractivity contribution in [3.8, 4) is 0 Å². The third-order valence-electron chi connectivity index (χ3n) is 2.27. The summed E-state index contributed by atoms with van der Waals surface area (Å²) in [4.78, 5) is 9.60. The summed E-state index contributed by atoms with van der Waals surface area (Å²) in [6.07, 6.45) is 4.69. The topological polar surface area (TPSA) is 79.3 Å². The van der Waals surface area contributed by atoms with Crippen LogP contribution in [0.25, 0.3) is 0 Å². The lowest BCUT2D eigenvalue weighted by Gasteiger charge is -2.01. The quantitative estimate of drug-likeness (QED) is 0.374. The minimum atomic E-state index is -0.935. The Labute approximate surface area is 108 Å². The van der Waals surface area contributed by atoms with Gasteiger partial charge in [-0.05, 0) is 19.8 Å². The van der Waals surface area contributed by atoms with Gasteiger partial charge in [0.05, 0.1) is 13.2 Å². The van der Waals surface area contributed by atoms with Gasteiger partial charge in [-0.1, -0.05) is 19.4 Å². The van der Waals surface area contributed by atoms with Gasteiger partial charge in [-0.25, -0.2) is 4.79 Å². The molecule has 1 atom stereocenters. The fourth-order valence-corrected chi connectivity index (χ4v) is 1.05. The fourth-order valence-electron chi connectivity index (χ4n) is 1.05. The van der Waals surface area contributed by atoms with Crippen molar-refractivity contribution < 1.29 is 24.5 Å². The zero-order valence-corrected chi connectivity index (χ0v) is 11.1. The Bertz CT molecular complexity index is 224. The van der Waals surface area contributed by atoms with Crippen molar-refractivity contribution in [1.29, 1.82) is 0 Å². The number of epoxide rings is 1. The molecule has 0 aromatic heterocycles. The first-order valence-corrected chi connectivity index (χ1v) is 6.27. The second-order valence-electron chi connectivity index (χ2n) is 4.25. The van der Waals surface area contributed by atoms with E-state index < -0.39 is 5.97 Å². The summed E-state index contributed by atoms with van der Waals surface area (Å²) >= 11 is 0. The van der Waals surface area contributed by atoms with Gasteiger partial charge in [-0.15, -0.1) is 0 Å². The minimum Gasteiger partial charge on any atom is -0.478 e. The Morgan fingerprint density at radius 3 is 2.39 bits per heavy atom. The highest BCUT2D eigenvalue weighted by molar-refractivity contribution is 5.84. The van der Waals surface area contributed by atoms with Crippen LogP contribution in [0.15, 0.2) is 12.2 Å². The molecule has 0 aromatic carbocycles. The van der Waals surface area contributed by atoms with E-state index in [2.05, 4.69) is 6.58 Å². The molecule has 18 heavy (non-hydrogen) atoms. The first-order valence-electron chi connectivity index (χ1n) is 6.27. The van der Waals surface area contributed by atoms with Crippen molar-refractivity contribution >= 4 is 5.97 Å². The van der Waals surface area contributed by atoms with Crippen molar-refractivity contribution in [3.63, 3.8) is 0 Å². The van der Waals surface area contributed by atoms with Gasteiger partial charge in [0.25, 0.3) is 0 Å². The normalized spacial score (nSPS) is 16.7. The Balaban J connectivity index is 0.000000411. The number of hydrogen-bond acceptors (Lipinski definition) is 4. The molecule has 1 unspecified atom stereocenters. The molecule has 0 spiro atoms. The van der Waals surface area contributed by atoms with Crippen molar-refractivity contribution in [3.05, 3.63) is 12.2 Å². The first-order chi connectivity index (χ1) is 8.57. The van der Waals surface area contributed by atoms with Crippen LogP contribution in [0.1, 0.15) is 32.6 Å². The monoisotopic (exact) mass is 260 g/mol. The van der Waals surface area contributed by atoms with Gasteiger partial charge in [-0.2, -0.15) is 0 Å². The number of aliphatic hydroxyl groups excluding tert-OH is 1. The third-order valence-corrected chi connectivity index (χ3v) is 2.27. The van der Waals surface area contributed by atoms with Gasteiger partial charge >= 0.3 is 5.97 Å². The molecule has 0 aliphatic carbocycles. The number of hydrogen-bond donors (Lipinski definition) is 2. The zero-order valence-electron chi connectivity index (χ0n) is 11.1. The molecule has 1 aliphatic heterocycles. The van der Waals surface area contributed by atoms with Crippen molar-refractivity contribution in [2.75, 3.05) is 26.4 Å². The summed E-state index contributed by atoms with van der Waals surface area (Å²) in [6.45, 7) is 7.40. The third kappa shape index (κ3) is 13.2. The fraction of sp³-hybridized carbons (Fsp3) is 0.769. The van der Waals surface area contributed by atoms with Crippen molar-refractivity contribution in [2.24, 2.45) is 0 Å². The van der Waals surface area contributed by atoms with E-state index in [9.17, 15) is 4.79 Å². The summed E-state index contributed by atoms with van der Waals surface area (Å²) in [5, 5.41) is 16.4. The Kier molecular flexibility index (Phi) is 10.6. The molecule has 0 bridgehead atoms. The van der Waals surface area contributed by atoms with Crippen molar-refractivity contribution in [2.45, 2.75) is 38.7 Å². The molecular weight excluding hydrogens is 236 g/mol. The molecule has 1 rings (SSSR count). The van der Waals surface area contributed by atoms with E-state index in [0.717, 1.165) is 45.5 Å². The van der Waals surface area contributed by atoms with Crippen LogP contribution in [0.2, 0.25) is 0 Å². The lowest BCUT2D eigenvalue weighted by atomic mass is 10.2. The highest BCUT2D eigenvalue weighted by atomic mass is 16.6. The SMILES string of the molecule is C=C(C)C(=O)O.OCCCCCCOCC1CO1. The van der Waals surface area contributed by atoms with E-state index in [1.165, 1.54) is 6.92 Å². The summed E-state index contributed by atoms with van der Waals surface area (Å²) in [6, 6.07) is 0. The molecule has 0 saturated carbocycles. The Morgan fingerprint density at radius 2 is 1.94 bits per heavy atom. The number of carboxylic acid groups (broad SMARTS) is 1. The van der Waals surface area contributed by atoms with Crippen LogP contribution in [0.4, 0.5) is 0 Å². The molecule has 0 amide bonds. The van der Waals surface area contributed by atoms with Gasteiger partial charge in [0.1, 0.15) is 6.10 Å². The molecule has 5 nitrogen and oxygen atoms in total. The molecular formula is C13H24O5. The maximum atomic E-state index is 9.60. The summed E-state index contributed by atoms with van der Waals surface area (Å²) in [5.74, 6) is -0.935. The number of unbranched alkanes of at least 4 members (excludes halogenated alkanes) is 3. The largest absolute Gasteiger partial charge is 0.478 e. The maximum Gasteiger partial charge on any atom is 0.330 e. The van der Waals surface area contributed by atoms with Crippen LogP contribution in [0, 0.1) is 0 Å². The van der Waals surface area contributed by atoms with Crippen LogP contribution in [-0.4, -0.2) is 48.7 Å². The van der Waals surface area contributed by atoms with Crippen molar-refractivity contribution in [1.82, 2.24) is 0 Å². The second kappa shape index (κ2) is 11.2. The van der Waals surface area contributed by atoms with Crippen LogP contribution in [-0.2, 0) is 14.3 Å². The van der Waals surface area contributed by atoms with E-state index in [-0.39, 0.29) is 5.57 Å². The number of carbonyl (C=O) groups is 1. The average Bonchev–Trinajstić information content (AvgIpc) is 3.12. The molecule has 106 valence electrons. The predicted molar refractivity (Wildman–Crippen MR) is 68.6 cm³/mol. The van der Waals surface area contributed by atoms with Gasteiger partial charge in [0.2, 0.25) is 0 Å². The summed E-state index contributed by atoms with van der Waals surface area (Å²) in [5.41, 5.74) is 0.176. The zero-order chi connectivity index (χ0) is 13.8. The van der Waals surface area contributed by atoms with E-state index in [0.29, 0.717) is 12.7 Å². The molecule has 2 N–H and O–H groups in total.